The fourth-order valence-corrected chi connectivity index (χ4v) is 2.71. The number of hydrogen-bond acceptors (Lipinski definition) is 2. The van der Waals surface area contributed by atoms with E-state index in [1.165, 1.54) is 0 Å². The zero-order valence-electron chi connectivity index (χ0n) is 12.3. The lowest BCUT2D eigenvalue weighted by atomic mass is 10.0. The highest BCUT2D eigenvalue weighted by atomic mass is 16.1. The second kappa shape index (κ2) is 6.14. The van der Waals surface area contributed by atoms with Crippen LogP contribution >= 0.6 is 0 Å². The minimum atomic E-state index is 0.0311. The van der Waals surface area contributed by atoms with E-state index in [-0.39, 0.29) is 5.91 Å². The van der Waals surface area contributed by atoms with Gasteiger partial charge in [-0.05, 0) is 69.4 Å². The summed E-state index contributed by atoms with van der Waals surface area (Å²) in [5.74, 6) is 0.0311. The number of carbonyl (C=O) groups excluding carboxylic acids is 1. The van der Waals surface area contributed by atoms with Crippen molar-refractivity contribution in [1.29, 1.82) is 0 Å². The first-order valence-electron chi connectivity index (χ1n) is 7.45. The van der Waals surface area contributed by atoms with Crippen LogP contribution in [0.3, 0.4) is 0 Å². The van der Waals surface area contributed by atoms with Gasteiger partial charge in [0.1, 0.15) is 0 Å². The Hall–Kier alpha value is -2.07. The zero-order chi connectivity index (χ0) is 14.7. The number of likely N-dealkylation sites (tertiary alicyclic amines) is 1. The van der Waals surface area contributed by atoms with Gasteiger partial charge < -0.3 is 14.8 Å². The molecule has 0 radical (unpaired) electrons. The van der Waals surface area contributed by atoms with Crippen molar-refractivity contribution in [2.45, 2.75) is 18.9 Å². The number of benzene rings is 1. The minimum Gasteiger partial charge on any atom is -0.349 e. The Morgan fingerprint density at radius 2 is 1.71 bits per heavy atom. The first kappa shape index (κ1) is 13.9. The van der Waals surface area contributed by atoms with Gasteiger partial charge in [0.15, 0.2) is 0 Å². The maximum absolute atomic E-state index is 12.3. The Bertz CT molecular complexity index is 581. The molecular formula is C17H21N3O. The van der Waals surface area contributed by atoms with Crippen LogP contribution in [0, 0.1) is 0 Å². The van der Waals surface area contributed by atoms with Crippen LogP contribution in [0.25, 0.3) is 5.69 Å². The van der Waals surface area contributed by atoms with E-state index >= 15 is 0 Å². The number of rotatable bonds is 3. The molecule has 1 aliphatic rings. The van der Waals surface area contributed by atoms with E-state index in [9.17, 15) is 4.79 Å². The van der Waals surface area contributed by atoms with Gasteiger partial charge in [0, 0.05) is 29.7 Å². The molecule has 0 atom stereocenters. The van der Waals surface area contributed by atoms with Gasteiger partial charge in [0.2, 0.25) is 0 Å². The number of nitrogens with zero attached hydrogens (tertiary/aromatic N) is 2. The fraction of sp³-hybridized carbons (Fsp3) is 0.353. The fourth-order valence-electron chi connectivity index (χ4n) is 2.71. The normalized spacial score (nSPS) is 16.8. The van der Waals surface area contributed by atoms with Crippen molar-refractivity contribution in [1.82, 2.24) is 14.8 Å². The molecule has 1 aromatic carbocycles. The number of nitrogens with one attached hydrogen (secondary N) is 1. The van der Waals surface area contributed by atoms with Gasteiger partial charge in [-0.25, -0.2) is 0 Å². The molecule has 1 saturated heterocycles. The van der Waals surface area contributed by atoms with E-state index in [1.807, 2.05) is 53.4 Å². The summed E-state index contributed by atoms with van der Waals surface area (Å²) in [5, 5.41) is 3.14. The molecule has 2 heterocycles. The average molecular weight is 283 g/mol. The first-order chi connectivity index (χ1) is 10.2. The Morgan fingerprint density at radius 1 is 1.10 bits per heavy atom. The molecule has 4 nitrogen and oxygen atoms in total. The van der Waals surface area contributed by atoms with Crippen molar-refractivity contribution in [3.8, 4) is 5.69 Å². The van der Waals surface area contributed by atoms with Crippen molar-refractivity contribution in [3.05, 3.63) is 54.4 Å². The molecule has 2 aromatic rings. The van der Waals surface area contributed by atoms with Crippen LogP contribution in [0.15, 0.2) is 48.8 Å². The van der Waals surface area contributed by atoms with E-state index in [1.54, 1.807) is 0 Å². The van der Waals surface area contributed by atoms with E-state index in [2.05, 4.69) is 17.3 Å². The molecule has 1 aromatic heterocycles. The molecule has 110 valence electrons. The summed E-state index contributed by atoms with van der Waals surface area (Å²) in [6.07, 6.45) is 6.05. The van der Waals surface area contributed by atoms with Gasteiger partial charge >= 0.3 is 0 Å². The first-order valence-corrected chi connectivity index (χ1v) is 7.45. The highest BCUT2D eigenvalue weighted by molar-refractivity contribution is 5.94. The molecule has 0 bridgehead atoms. The van der Waals surface area contributed by atoms with Crippen LogP contribution in [0.5, 0.6) is 0 Å². The Morgan fingerprint density at radius 3 is 2.33 bits per heavy atom. The molecule has 1 aliphatic heterocycles. The van der Waals surface area contributed by atoms with Crippen LogP contribution < -0.4 is 5.32 Å². The number of aromatic nitrogens is 1. The molecule has 4 heteroatoms. The van der Waals surface area contributed by atoms with Crippen LogP contribution in [-0.2, 0) is 0 Å². The molecule has 0 aliphatic carbocycles. The van der Waals surface area contributed by atoms with Crippen molar-refractivity contribution < 1.29 is 4.79 Å². The van der Waals surface area contributed by atoms with Crippen LogP contribution in [-0.4, -0.2) is 41.6 Å². The Labute approximate surface area is 125 Å². The number of carbonyl (C=O) groups is 1. The molecule has 21 heavy (non-hydrogen) atoms. The number of hydrogen-bond donors (Lipinski definition) is 1. The Kier molecular flexibility index (Phi) is 4.06. The predicted molar refractivity (Wildman–Crippen MR) is 83.8 cm³/mol. The molecule has 1 fully saturated rings. The van der Waals surface area contributed by atoms with E-state index < -0.39 is 0 Å². The Balaban J connectivity index is 1.62. The third-order valence-corrected chi connectivity index (χ3v) is 4.09. The standard InChI is InChI=1S/C17H21N3O/c1-19-12-8-15(9-13-19)18-17(21)14-4-6-16(7-5-14)20-10-2-3-11-20/h2-7,10-11,15H,8-9,12-13H2,1H3,(H,18,21). The quantitative estimate of drug-likeness (QED) is 0.938. The highest BCUT2D eigenvalue weighted by Gasteiger charge is 2.18. The van der Waals surface area contributed by atoms with E-state index in [0.717, 1.165) is 37.2 Å². The topological polar surface area (TPSA) is 37.3 Å². The predicted octanol–water partition coefficient (Wildman–Crippen LogP) is 2.30. The van der Waals surface area contributed by atoms with Crippen molar-refractivity contribution in [2.75, 3.05) is 20.1 Å². The van der Waals surface area contributed by atoms with Crippen molar-refractivity contribution >= 4 is 5.91 Å². The molecule has 3 rings (SSSR count). The molecule has 0 saturated carbocycles. The van der Waals surface area contributed by atoms with Gasteiger partial charge in [0.05, 0.1) is 0 Å². The maximum Gasteiger partial charge on any atom is 0.251 e. The lowest BCUT2D eigenvalue weighted by Gasteiger charge is -2.29. The molecular weight excluding hydrogens is 262 g/mol. The monoisotopic (exact) mass is 283 g/mol. The second-order valence-corrected chi connectivity index (χ2v) is 5.69. The van der Waals surface area contributed by atoms with E-state index in [4.69, 9.17) is 0 Å². The van der Waals surface area contributed by atoms with Crippen LogP contribution in [0.2, 0.25) is 0 Å². The van der Waals surface area contributed by atoms with Crippen LogP contribution in [0.1, 0.15) is 23.2 Å². The largest absolute Gasteiger partial charge is 0.349 e. The molecule has 0 spiro atoms. The summed E-state index contributed by atoms with van der Waals surface area (Å²) in [6.45, 7) is 2.11. The third kappa shape index (κ3) is 3.34. The third-order valence-electron chi connectivity index (χ3n) is 4.09. The summed E-state index contributed by atoms with van der Waals surface area (Å²) in [5.41, 5.74) is 1.79. The lowest BCUT2D eigenvalue weighted by Crippen LogP contribution is -2.43. The highest BCUT2D eigenvalue weighted by Crippen LogP contribution is 2.12. The van der Waals surface area contributed by atoms with Crippen molar-refractivity contribution in [2.24, 2.45) is 0 Å². The van der Waals surface area contributed by atoms with Gasteiger partial charge in [-0.2, -0.15) is 0 Å². The van der Waals surface area contributed by atoms with Crippen molar-refractivity contribution in [3.63, 3.8) is 0 Å². The zero-order valence-corrected chi connectivity index (χ0v) is 12.3. The smallest absolute Gasteiger partial charge is 0.251 e. The minimum absolute atomic E-state index is 0.0311. The summed E-state index contributed by atoms with van der Waals surface area (Å²) < 4.78 is 2.03. The molecule has 1 amide bonds. The van der Waals surface area contributed by atoms with Gasteiger partial charge in [-0.15, -0.1) is 0 Å². The van der Waals surface area contributed by atoms with E-state index in [0.29, 0.717) is 6.04 Å². The molecule has 1 N–H and O–H groups in total. The summed E-state index contributed by atoms with van der Waals surface area (Å²) in [4.78, 5) is 14.6. The number of piperidine rings is 1. The second-order valence-electron chi connectivity index (χ2n) is 5.69. The summed E-state index contributed by atoms with van der Waals surface area (Å²) in [7, 11) is 2.12. The summed E-state index contributed by atoms with van der Waals surface area (Å²) >= 11 is 0. The average Bonchev–Trinajstić information content (AvgIpc) is 3.04. The SMILES string of the molecule is CN1CCC(NC(=O)c2ccc(-n3cccc3)cc2)CC1. The number of amides is 1. The van der Waals surface area contributed by atoms with Gasteiger partial charge in [-0.1, -0.05) is 0 Å². The summed E-state index contributed by atoms with van der Waals surface area (Å²) in [6, 6.07) is 12.0. The van der Waals surface area contributed by atoms with Gasteiger partial charge in [-0.3, -0.25) is 4.79 Å². The lowest BCUT2D eigenvalue weighted by molar-refractivity contribution is 0.0917. The van der Waals surface area contributed by atoms with Gasteiger partial charge in [0.25, 0.3) is 5.91 Å². The van der Waals surface area contributed by atoms with Crippen LogP contribution in [0.4, 0.5) is 0 Å². The molecule has 0 unspecified atom stereocenters. The maximum atomic E-state index is 12.3.